The van der Waals surface area contributed by atoms with E-state index in [4.69, 9.17) is 14.2 Å². The average molecular weight is 329 g/mol. The Balaban J connectivity index is 1.94. The maximum absolute atomic E-state index is 12.2. The van der Waals surface area contributed by atoms with Crippen molar-refractivity contribution in [1.82, 2.24) is 0 Å². The third-order valence-corrected chi connectivity index (χ3v) is 4.17. The number of benzene rings is 2. The van der Waals surface area contributed by atoms with E-state index < -0.39 is 12.1 Å². The topological polar surface area (TPSA) is 68.2 Å². The number of rotatable bonds is 5. The number of aliphatic hydroxyl groups excluding tert-OH is 1. The first-order valence-corrected chi connectivity index (χ1v) is 7.47. The Kier molecular flexibility index (Phi) is 4.31. The number of hydrogen-bond donors (Lipinski definition) is 1. The number of β-lactam (4-membered cyclic amide) rings is 1. The monoisotopic (exact) mass is 329 g/mol. The van der Waals surface area contributed by atoms with E-state index in [9.17, 15) is 9.90 Å². The molecule has 0 spiro atoms. The standard InChI is InChI=1S/C18H19NO5/c1-22-13-7-5-12(6-8-13)19-16(17(20)18(19)21)11-4-9-14(23-2)15(10-11)24-3/h4-10,16-17,20H,1-3H3. The number of nitrogens with zero attached hydrogens (tertiary/aromatic N) is 1. The van der Waals surface area contributed by atoms with E-state index in [1.54, 1.807) is 62.6 Å². The van der Waals surface area contributed by atoms with Crippen LogP contribution in [0.5, 0.6) is 17.2 Å². The summed E-state index contributed by atoms with van der Waals surface area (Å²) in [5.41, 5.74) is 1.47. The van der Waals surface area contributed by atoms with Crippen LogP contribution >= 0.6 is 0 Å². The predicted octanol–water partition coefficient (Wildman–Crippen LogP) is 2.16. The highest BCUT2D eigenvalue weighted by Crippen LogP contribution is 2.42. The molecule has 2 atom stereocenters. The minimum Gasteiger partial charge on any atom is -0.497 e. The Hall–Kier alpha value is -2.73. The van der Waals surface area contributed by atoms with Crippen LogP contribution in [0.3, 0.4) is 0 Å². The van der Waals surface area contributed by atoms with Gasteiger partial charge in [0.2, 0.25) is 0 Å². The summed E-state index contributed by atoms with van der Waals surface area (Å²) >= 11 is 0. The van der Waals surface area contributed by atoms with E-state index in [1.165, 1.54) is 0 Å². The van der Waals surface area contributed by atoms with Crippen LogP contribution in [-0.4, -0.2) is 38.4 Å². The number of carbonyl (C=O) groups is 1. The quantitative estimate of drug-likeness (QED) is 0.852. The maximum atomic E-state index is 12.2. The highest BCUT2D eigenvalue weighted by Gasteiger charge is 2.48. The molecule has 3 rings (SSSR count). The molecule has 1 saturated heterocycles. The number of aliphatic hydroxyl groups is 1. The Bertz CT molecular complexity index is 744. The summed E-state index contributed by atoms with van der Waals surface area (Å²) in [6, 6.07) is 12.0. The van der Waals surface area contributed by atoms with Crippen molar-refractivity contribution in [2.45, 2.75) is 12.1 Å². The Labute approximate surface area is 140 Å². The molecule has 2 unspecified atom stereocenters. The SMILES string of the molecule is COc1ccc(N2C(=O)C(O)C2c2ccc(OC)c(OC)c2)cc1. The van der Waals surface area contributed by atoms with Crippen molar-refractivity contribution in [2.75, 3.05) is 26.2 Å². The molecule has 2 aromatic carbocycles. The number of amides is 1. The van der Waals surface area contributed by atoms with Gasteiger partial charge in [-0.1, -0.05) is 6.07 Å². The van der Waals surface area contributed by atoms with Gasteiger partial charge in [0.25, 0.3) is 5.91 Å². The molecule has 126 valence electrons. The Morgan fingerprint density at radius 2 is 1.58 bits per heavy atom. The van der Waals surface area contributed by atoms with E-state index >= 15 is 0 Å². The smallest absolute Gasteiger partial charge is 0.259 e. The first kappa shape index (κ1) is 16.1. The number of ether oxygens (including phenoxy) is 3. The lowest BCUT2D eigenvalue weighted by atomic mass is 9.89. The second-order valence-corrected chi connectivity index (χ2v) is 5.41. The zero-order valence-corrected chi connectivity index (χ0v) is 13.7. The molecular weight excluding hydrogens is 310 g/mol. The van der Waals surface area contributed by atoms with E-state index in [0.29, 0.717) is 22.9 Å². The van der Waals surface area contributed by atoms with Gasteiger partial charge in [-0.05, 0) is 42.0 Å². The zero-order valence-electron chi connectivity index (χ0n) is 13.7. The van der Waals surface area contributed by atoms with Gasteiger partial charge in [-0.2, -0.15) is 0 Å². The fourth-order valence-electron chi connectivity index (χ4n) is 2.87. The molecule has 1 fully saturated rings. The van der Waals surface area contributed by atoms with Gasteiger partial charge in [-0.25, -0.2) is 0 Å². The normalized spacial score (nSPS) is 19.7. The second kappa shape index (κ2) is 6.41. The molecule has 24 heavy (non-hydrogen) atoms. The molecule has 1 aliphatic rings. The molecule has 6 nitrogen and oxygen atoms in total. The lowest BCUT2D eigenvalue weighted by molar-refractivity contribution is -0.137. The molecule has 0 aromatic heterocycles. The molecule has 0 radical (unpaired) electrons. The second-order valence-electron chi connectivity index (χ2n) is 5.41. The third-order valence-electron chi connectivity index (χ3n) is 4.17. The Morgan fingerprint density at radius 3 is 2.17 bits per heavy atom. The minimum absolute atomic E-state index is 0.333. The van der Waals surface area contributed by atoms with Gasteiger partial charge in [0.15, 0.2) is 17.6 Å². The molecule has 2 aromatic rings. The van der Waals surface area contributed by atoms with Gasteiger partial charge in [0.05, 0.1) is 27.4 Å². The molecule has 1 N–H and O–H groups in total. The van der Waals surface area contributed by atoms with Crippen LogP contribution in [0.25, 0.3) is 0 Å². The van der Waals surface area contributed by atoms with Crippen LogP contribution in [0.1, 0.15) is 11.6 Å². The maximum Gasteiger partial charge on any atom is 0.259 e. The summed E-state index contributed by atoms with van der Waals surface area (Å²) in [5, 5.41) is 10.2. The lowest BCUT2D eigenvalue weighted by Gasteiger charge is -2.44. The molecule has 0 saturated carbocycles. The molecule has 0 aliphatic carbocycles. The van der Waals surface area contributed by atoms with Crippen molar-refractivity contribution in [3.63, 3.8) is 0 Å². The molecular formula is C18H19NO5. The largest absolute Gasteiger partial charge is 0.497 e. The zero-order chi connectivity index (χ0) is 17.3. The van der Waals surface area contributed by atoms with Crippen LogP contribution in [0.2, 0.25) is 0 Å². The number of hydrogen-bond acceptors (Lipinski definition) is 5. The van der Waals surface area contributed by atoms with Gasteiger partial charge in [-0.15, -0.1) is 0 Å². The minimum atomic E-state index is -1.08. The van der Waals surface area contributed by atoms with Crippen molar-refractivity contribution in [1.29, 1.82) is 0 Å². The summed E-state index contributed by atoms with van der Waals surface area (Å²) in [7, 11) is 4.69. The molecule has 1 heterocycles. The Morgan fingerprint density at radius 1 is 0.917 bits per heavy atom. The number of methoxy groups -OCH3 is 3. The summed E-state index contributed by atoms with van der Waals surface area (Å²) < 4.78 is 15.7. The van der Waals surface area contributed by atoms with Crippen molar-refractivity contribution in [2.24, 2.45) is 0 Å². The molecule has 0 bridgehead atoms. The van der Waals surface area contributed by atoms with Crippen molar-refractivity contribution in [3.8, 4) is 17.2 Å². The molecule has 6 heteroatoms. The number of carbonyl (C=O) groups excluding carboxylic acids is 1. The van der Waals surface area contributed by atoms with Crippen LogP contribution < -0.4 is 19.1 Å². The third kappa shape index (κ3) is 2.55. The molecule has 1 aliphatic heterocycles. The summed E-state index contributed by atoms with van der Waals surface area (Å²) in [5.74, 6) is 1.52. The fraction of sp³-hybridized carbons (Fsp3) is 0.278. The lowest BCUT2D eigenvalue weighted by Crippen LogP contribution is -2.59. The summed E-state index contributed by atoms with van der Waals surface area (Å²) in [4.78, 5) is 13.7. The van der Waals surface area contributed by atoms with Crippen molar-refractivity contribution >= 4 is 11.6 Å². The highest BCUT2D eigenvalue weighted by atomic mass is 16.5. The van der Waals surface area contributed by atoms with E-state index in [0.717, 1.165) is 5.56 Å². The van der Waals surface area contributed by atoms with Crippen LogP contribution in [0.15, 0.2) is 42.5 Å². The van der Waals surface area contributed by atoms with Gasteiger partial charge in [-0.3, -0.25) is 9.69 Å². The average Bonchev–Trinajstić information content (AvgIpc) is 2.64. The first-order valence-electron chi connectivity index (χ1n) is 7.47. The highest BCUT2D eigenvalue weighted by molar-refractivity contribution is 6.05. The van der Waals surface area contributed by atoms with Gasteiger partial charge >= 0.3 is 0 Å². The fourth-order valence-corrected chi connectivity index (χ4v) is 2.87. The summed E-state index contributed by atoms with van der Waals surface area (Å²) in [6.07, 6.45) is -1.08. The van der Waals surface area contributed by atoms with Gasteiger partial charge < -0.3 is 19.3 Å². The number of anilines is 1. The van der Waals surface area contributed by atoms with Crippen molar-refractivity contribution < 1.29 is 24.1 Å². The van der Waals surface area contributed by atoms with E-state index in [2.05, 4.69) is 0 Å². The summed E-state index contributed by atoms with van der Waals surface area (Å²) in [6.45, 7) is 0. The van der Waals surface area contributed by atoms with Gasteiger partial charge in [0, 0.05) is 5.69 Å². The van der Waals surface area contributed by atoms with Crippen LogP contribution in [0, 0.1) is 0 Å². The van der Waals surface area contributed by atoms with E-state index in [-0.39, 0.29) is 5.91 Å². The van der Waals surface area contributed by atoms with Crippen molar-refractivity contribution in [3.05, 3.63) is 48.0 Å². The van der Waals surface area contributed by atoms with Crippen LogP contribution in [-0.2, 0) is 4.79 Å². The first-order chi connectivity index (χ1) is 11.6. The van der Waals surface area contributed by atoms with Gasteiger partial charge in [0.1, 0.15) is 5.75 Å². The van der Waals surface area contributed by atoms with Crippen LogP contribution in [0.4, 0.5) is 5.69 Å². The predicted molar refractivity (Wildman–Crippen MR) is 88.8 cm³/mol. The van der Waals surface area contributed by atoms with E-state index in [1.807, 2.05) is 6.07 Å². The molecule has 1 amide bonds.